The summed E-state index contributed by atoms with van der Waals surface area (Å²) in [6.07, 6.45) is 1.36. The monoisotopic (exact) mass is 415 g/mol. The van der Waals surface area contributed by atoms with Crippen molar-refractivity contribution in [3.8, 4) is 16.9 Å². The molecule has 0 aromatic heterocycles. The summed E-state index contributed by atoms with van der Waals surface area (Å²) < 4.78 is 5.75. The molecule has 160 valence electrons. The van der Waals surface area contributed by atoms with Crippen molar-refractivity contribution in [2.45, 2.75) is 25.8 Å². The van der Waals surface area contributed by atoms with Crippen LogP contribution < -0.4 is 4.74 Å². The average molecular weight is 416 g/mol. The van der Waals surface area contributed by atoms with Crippen LogP contribution in [0.15, 0.2) is 78.9 Å². The van der Waals surface area contributed by atoms with E-state index in [0.717, 1.165) is 18.8 Å². The van der Waals surface area contributed by atoms with Crippen LogP contribution in [0.25, 0.3) is 11.1 Å². The van der Waals surface area contributed by atoms with Gasteiger partial charge in [0.15, 0.2) is 0 Å². The van der Waals surface area contributed by atoms with Gasteiger partial charge in [0.05, 0.1) is 18.6 Å². The first-order valence-corrected chi connectivity index (χ1v) is 11.0. The Kier molecular flexibility index (Phi) is 6.68. The SMILES string of the molecule is CCOc1cccc(C(c2ccc(-c3ccccc3)cc2)N2CCC(C(=O)O)CC2)c1. The second-order valence-electron chi connectivity index (χ2n) is 8.04. The molecule has 3 aromatic carbocycles. The van der Waals surface area contributed by atoms with Crippen molar-refractivity contribution in [1.82, 2.24) is 4.90 Å². The van der Waals surface area contributed by atoms with Gasteiger partial charge in [-0.3, -0.25) is 9.69 Å². The van der Waals surface area contributed by atoms with Crippen LogP contribution in [0.1, 0.15) is 36.9 Å². The second kappa shape index (κ2) is 9.80. The van der Waals surface area contributed by atoms with E-state index in [0.29, 0.717) is 19.4 Å². The number of benzene rings is 3. The number of rotatable bonds is 7. The predicted octanol–water partition coefficient (Wildman–Crippen LogP) is 5.64. The number of carboxylic acid groups (broad SMARTS) is 1. The lowest BCUT2D eigenvalue weighted by Gasteiger charge is -2.37. The fourth-order valence-electron chi connectivity index (χ4n) is 4.45. The van der Waals surface area contributed by atoms with E-state index < -0.39 is 5.97 Å². The summed E-state index contributed by atoms with van der Waals surface area (Å²) in [5, 5.41) is 9.40. The first kappa shape index (κ1) is 21.1. The molecule has 1 aliphatic rings. The lowest BCUT2D eigenvalue weighted by molar-refractivity contribution is -0.143. The molecule has 1 unspecified atom stereocenters. The molecule has 3 aromatic rings. The van der Waals surface area contributed by atoms with Gasteiger partial charge in [0, 0.05) is 0 Å². The summed E-state index contributed by atoms with van der Waals surface area (Å²) in [7, 11) is 0. The van der Waals surface area contributed by atoms with Crippen LogP contribution in [-0.2, 0) is 4.79 Å². The molecule has 0 aliphatic carbocycles. The lowest BCUT2D eigenvalue weighted by atomic mass is 9.90. The molecule has 0 saturated carbocycles. The summed E-state index contributed by atoms with van der Waals surface area (Å²) in [6, 6.07) is 27.5. The van der Waals surface area contributed by atoms with E-state index in [9.17, 15) is 9.90 Å². The van der Waals surface area contributed by atoms with Crippen molar-refractivity contribution in [2.24, 2.45) is 5.92 Å². The molecular formula is C27H29NO3. The number of piperidine rings is 1. The van der Waals surface area contributed by atoms with Gasteiger partial charge in [-0.25, -0.2) is 0 Å². The quantitative estimate of drug-likeness (QED) is 0.543. The number of hydrogen-bond donors (Lipinski definition) is 1. The third-order valence-corrected chi connectivity index (χ3v) is 6.06. The molecule has 0 amide bonds. The van der Waals surface area contributed by atoms with E-state index >= 15 is 0 Å². The van der Waals surface area contributed by atoms with Gasteiger partial charge in [-0.1, -0.05) is 66.7 Å². The van der Waals surface area contributed by atoms with Crippen molar-refractivity contribution in [3.05, 3.63) is 90.0 Å². The number of ether oxygens (including phenoxy) is 1. The average Bonchev–Trinajstić information content (AvgIpc) is 2.81. The third kappa shape index (κ3) is 4.97. The van der Waals surface area contributed by atoms with E-state index in [-0.39, 0.29) is 12.0 Å². The van der Waals surface area contributed by atoms with Crippen molar-refractivity contribution >= 4 is 5.97 Å². The molecule has 1 atom stereocenters. The maximum absolute atomic E-state index is 11.4. The molecule has 1 fully saturated rings. The molecule has 1 aliphatic heterocycles. The highest BCUT2D eigenvalue weighted by molar-refractivity contribution is 5.70. The van der Waals surface area contributed by atoms with E-state index in [1.165, 1.54) is 22.3 Å². The number of carboxylic acids is 1. The van der Waals surface area contributed by atoms with Crippen molar-refractivity contribution in [1.29, 1.82) is 0 Å². The van der Waals surface area contributed by atoms with Crippen LogP contribution in [0.2, 0.25) is 0 Å². The van der Waals surface area contributed by atoms with Crippen LogP contribution in [-0.4, -0.2) is 35.7 Å². The highest BCUT2D eigenvalue weighted by Crippen LogP contribution is 2.35. The van der Waals surface area contributed by atoms with Gasteiger partial charge in [-0.2, -0.15) is 0 Å². The van der Waals surface area contributed by atoms with E-state index in [1.807, 2.05) is 25.1 Å². The van der Waals surface area contributed by atoms with Gasteiger partial charge >= 0.3 is 5.97 Å². The van der Waals surface area contributed by atoms with Gasteiger partial charge in [-0.05, 0) is 67.2 Å². The second-order valence-corrected chi connectivity index (χ2v) is 8.04. The van der Waals surface area contributed by atoms with Crippen LogP contribution in [0.3, 0.4) is 0 Å². The highest BCUT2D eigenvalue weighted by Gasteiger charge is 2.30. The minimum atomic E-state index is -0.679. The molecule has 4 nitrogen and oxygen atoms in total. The standard InChI is InChI=1S/C27H29NO3/c1-2-31-25-10-6-9-24(19-25)26(28-17-15-23(16-18-28)27(29)30)22-13-11-21(12-14-22)20-7-4-3-5-8-20/h3-14,19,23,26H,2,15-18H2,1H3,(H,29,30). The number of aliphatic carboxylic acids is 1. The Hall–Kier alpha value is -3.11. The van der Waals surface area contributed by atoms with E-state index in [4.69, 9.17) is 4.74 Å². The molecule has 1 saturated heterocycles. The molecule has 31 heavy (non-hydrogen) atoms. The maximum Gasteiger partial charge on any atom is 0.306 e. The Bertz CT molecular complexity index is 993. The fraction of sp³-hybridized carbons (Fsp3) is 0.296. The van der Waals surface area contributed by atoms with E-state index in [1.54, 1.807) is 0 Å². The predicted molar refractivity (Wildman–Crippen MR) is 123 cm³/mol. The Labute approximate surface area is 184 Å². The minimum absolute atomic E-state index is 0.0694. The lowest BCUT2D eigenvalue weighted by Crippen LogP contribution is -2.39. The Balaban J connectivity index is 1.65. The molecule has 4 rings (SSSR count). The van der Waals surface area contributed by atoms with E-state index in [2.05, 4.69) is 65.6 Å². The Morgan fingerprint density at radius 1 is 0.935 bits per heavy atom. The summed E-state index contributed by atoms with van der Waals surface area (Å²) in [4.78, 5) is 13.8. The third-order valence-electron chi connectivity index (χ3n) is 6.06. The van der Waals surface area contributed by atoms with Crippen molar-refractivity contribution in [2.75, 3.05) is 19.7 Å². The van der Waals surface area contributed by atoms with Gasteiger partial charge < -0.3 is 9.84 Å². The first-order valence-electron chi connectivity index (χ1n) is 11.0. The summed E-state index contributed by atoms with van der Waals surface area (Å²) in [5.74, 6) is -0.0554. The fourth-order valence-corrected chi connectivity index (χ4v) is 4.45. The summed E-state index contributed by atoms with van der Waals surface area (Å²) in [5.41, 5.74) is 4.77. The molecular weight excluding hydrogens is 386 g/mol. The number of likely N-dealkylation sites (tertiary alicyclic amines) is 1. The van der Waals surface area contributed by atoms with Crippen LogP contribution in [0.4, 0.5) is 0 Å². The molecule has 4 heteroatoms. The first-order chi connectivity index (χ1) is 15.2. The van der Waals surface area contributed by atoms with Gasteiger partial charge in [-0.15, -0.1) is 0 Å². The molecule has 0 radical (unpaired) electrons. The maximum atomic E-state index is 11.4. The number of nitrogens with zero attached hydrogens (tertiary/aromatic N) is 1. The van der Waals surface area contributed by atoms with Crippen LogP contribution >= 0.6 is 0 Å². The summed E-state index contributed by atoms with van der Waals surface area (Å²) in [6.45, 7) is 4.15. The van der Waals surface area contributed by atoms with Crippen LogP contribution in [0, 0.1) is 5.92 Å². The highest BCUT2D eigenvalue weighted by atomic mass is 16.5. The minimum Gasteiger partial charge on any atom is -0.494 e. The van der Waals surface area contributed by atoms with Gasteiger partial charge in [0.1, 0.15) is 5.75 Å². The molecule has 1 N–H and O–H groups in total. The summed E-state index contributed by atoms with van der Waals surface area (Å²) >= 11 is 0. The topological polar surface area (TPSA) is 49.8 Å². The van der Waals surface area contributed by atoms with Gasteiger partial charge in [0.2, 0.25) is 0 Å². The normalized spacial score (nSPS) is 16.0. The number of carbonyl (C=O) groups is 1. The Morgan fingerprint density at radius 2 is 1.61 bits per heavy atom. The zero-order valence-corrected chi connectivity index (χ0v) is 17.9. The smallest absolute Gasteiger partial charge is 0.306 e. The van der Waals surface area contributed by atoms with Gasteiger partial charge in [0.25, 0.3) is 0 Å². The molecule has 0 bridgehead atoms. The molecule has 1 heterocycles. The number of hydrogen-bond acceptors (Lipinski definition) is 3. The van der Waals surface area contributed by atoms with Crippen molar-refractivity contribution < 1.29 is 14.6 Å². The van der Waals surface area contributed by atoms with Crippen molar-refractivity contribution in [3.63, 3.8) is 0 Å². The molecule has 0 spiro atoms. The largest absolute Gasteiger partial charge is 0.494 e. The Morgan fingerprint density at radius 3 is 2.26 bits per heavy atom. The zero-order chi connectivity index (χ0) is 21.6. The van der Waals surface area contributed by atoms with Crippen LogP contribution in [0.5, 0.6) is 5.75 Å². The zero-order valence-electron chi connectivity index (χ0n) is 17.9.